The molecule has 0 saturated heterocycles. The van der Waals surface area contributed by atoms with Gasteiger partial charge in [-0.15, -0.1) is 0 Å². The molecule has 104 valence electrons. The number of nitrogens with two attached hydrogens (primary N) is 1. The minimum atomic E-state index is -0.457. The van der Waals surface area contributed by atoms with E-state index < -0.39 is 11.9 Å². The molecule has 1 unspecified atom stereocenters. The van der Waals surface area contributed by atoms with E-state index in [4.69, 9.17) is 5.73 Å². The van der Waals surface area contributed by atoms with Gasteiger partial charge in [0.25, 0.3) is 0 Å². The molecule has 6 heteroatoms. The summed E-state index contributed by atoms with van der Waals surface area (Å²) >= 11 is 1.50. The average Bonchev–Trinajstić information content (AvgIpc) is 2.92. The maximum atomic E-state index is 11.9. The van der Waals surface area contributed by atoms with Gasteiger partial charge >= 0.3 is 6.03 Å². The van der Waals surface area contributed by atoms with E-state index in [2.05, 4.69) is 10.6 Å². The lowest BCUT2D eigenvalue weighted by atomic mass is 10.1. The number of carbonyl (C=O) groups is 2. The number of thiophene rings is 1. The molecule has 2 rings (SSSR count). The van der Waals surface area contributed by atoms with Crippen LogP contribution in [0, 0.1) is 0 Å². The van der Waals surface area contributed by atoms with Crippen LogP contribution in [0.4, 0.5) is 10.5 Å². The van der Waals surface area contributed by atoms with Crippen LogP contribution in [0.25, 0.3) is 0 Å². The van der Waals surface area contributed by atoms with Crippen LogP contribution in [-0.2, 0) is 4.79 Å². The van der Waals surface area contributed by atoms with Gasteiger partial charge in [0.15, 0.2) is 0 Å². The van der Waals surface area contributed by atoms with Gasteiger partial charge in [0, 0.05) is 5.69 Å². The van der Waals surface area contributed by atoms with E-state index in [-0.39, 0.29) is 12.5 Å². The third-order valence-electron chi connectivity index (χ3n) is 2.69. The van der Waals surface area contributed by atoms with Crippen molar-refractivity contribution in [2.45, 2.75) is 12.5 Å². The van der Waals surface area contributed by atoms with Gasteiger partial charge in [-0.2, -0.15) is 11.3 Å². The van der Waals surface area contributed by atoms with E-state index in [1.165, 1.54) is 11.3 Å². The third kappa shape index (κ3) is 4.10. The minimum Gasteiger partial charge on any atom is -0.370 e. The largest absolute Gasteiger partial charge is 0.370 e. The highest BCUT2D eigenvalue weighted by Crippen LogP contribution is 2.19. The van der Waals surface area contributed by atoms with Crippen molar-refractivity contribution in [3.8, 4) is 0 Å². The number of primary amides is 1. The molecule has 0 aliphatic heterocycles. The summed E-state index contributed by atoms with van der Waals surface area (Å²) in [5.41, 5.74) is 6.78. The number of rotatable bonds is 5. The minimum absolute atomic E-state index is 0.0684. The Morgan fingerprint density at radius 1 is 1.20 bits per heavy atom. The van der Waals surface area contributed by atoms with E-state index in [0.29, 0.717) is 5.69 Å². The zero-order chi connectivity index (χ0) is 14.4. The maximum Gasteiger partial charge on any atom is 0.319 e. The lowest BCUT2D eigenvalue weighted by Crippen LogP contribution is -2.34. The Morgan fingerprint density at radius 2 is 1.95 bits per heavy atom. The molecule has 4 N–H and O–H groups in total. The van der Waals surface area contributed by atoms with E-state index in [9.17, 15) is 9.59 Å². The monoisotopic (exact) mass is 289 g/mol. The molecule has 0 aliphatic carbocycles. The van der Waals surface area contributed by atoms with Crippen molar-refractivity contribution in [2.24, 2.45) is 5.73 Å². The van der Waals surface area contributed by atoms with E-state index in [1.54, 1.807) is 12.1 Å². The number of para-hydroxylation sites is 1. The van der Waals surface area contributed by atoms with Crippen LogP contribution in [-0.4, -0.2) is 11.9 Å². The first-order valence-corrected chi connectivity index (χ1v) is 7.02. The number of anilines is 1. The van der Waals surface area contributed by atoms with Gasteiger partial charge in [0.05, 0.1) is 12.5 Å². The van der Waals surface area contributed by atoms with Crippen LogP contribution in [0.2, 0.25) is 0 Å². The van der Waals surface area contributed by atoms with Gasteiger partial charge in [0.2, 0.25) is 5.91 Å². The van der Waals surface area contributed by atoms with Crippen molar-refractivity contribution in [3.05, 3.63) is 52.7 Å². The number of nitrogens with one attached hydrogen (secondary N) is 2. The molecule has 1 atom stereocenters. The van der Waals surface area contributed by atoms with Gasteiger partial charge < -0.3 is 16.4 Å². The molecule has 0 saturated carbocycles. The maximum absolute atomic E-state index is 11.9. The number of benzene rings is 1. The molecule has 0 radical (unpaired) electrons. The van der Waals surface area contributed by atoms with Crippen LogP contribution in [0.3, 0.4) is 0 Å². The predicted octanol–water partition coefficient (Wildman–Crippen LogP) is 2.49. The summed E-state index contributed by atoms with van der Waals surface area (Å²) < 4.78 is 0. The SMILES string of the molecule is NC(=O)CC(NC(=O)Nc1ccccc1)c1ccsc1. The Hall–Kier alpha value is -2.34. The van der Waals surface area contributed by atoms with Crippen molar-refractivity contribution in [1.82, 2.24) is 5.32 Å². The molecule has 20 heavy (non-hydrogen) atoms. The lowest BCUT2D eigenvalue weighted by Gasteiger charge is -2.17. The summed E-state index contributed by atoms with van der Waals surface area (Å²) in [6, 6.07) is 10.2. The van der Waals surface area contributed by atoms with Crippen LogP contribution in [0.5, 0.6) is 0 Å². The van der Waals surface area contributed by atoms with Crippen LogP contribution in [0.15, 0.2) is 47.2 Å². The molecule has 1 aromatic heterocycles. The summed E-state index contributed by atoms with van der Waals surface area (Å²) in [5, 5.41) is 9.24. The van der Waals surface area contributed by atoms with Gasteiger partial charge in [0.1, 0.15) is 0 Å². The summed E-state index contributed by atoms with van der Waals surface area (Å²) in [6.45, 7) is 0. The highest BCUT2D eigenvalue weighted by molar-refractivity contribution is 7.08. The summed E-state index contributed by atoms with van der Waals surface area (Å²) in [7, 11) is 0. The fourth-order valence-electron chi connectivity index (χ4n) is 1.77. The highest BCUT2D eigenvalue weighted by Gasteiger charge is 2.17. The molecule has 1 heterocycles. The molecule has 0 bridgehead atoms. The van der Waals surface area contributed by atoms with Crippen LogP contribution in [0.1, 0.15) is 18.0 Å². The molecule has 0 spiro atoms. The summed E-state index contributed by atoms with van der Waals surface area (Å²) in [4.78, 5) is 23.0. The van der Waals surface area contributed by atoms with E-state index in [1.807, 2.05) is 35.0 Å². The molecular weight excluding hydrogens is 274 g/mol. The van der Waals surface area contributed by atoms with Gasteiger partial charge in [-0.3, -0.25) is 4.79 Å². The zero-order valence-corrected chi connectivity index (χ0v) is 11.5. The molecular formula is C14H15N3O2S. The fraction of sp³-hybridized carbons (Fsp3) is 0.143. The second-order valence-electron chi connectivity index (χ2n) is 4.24. The summed E-state index contributed by atoms with van der Waals surface area (Å²) in [6.07, 6.45) is 0.0684. The number of hydrogen-bond acceptors (Lipinski definition) is 3. The molecule has 0 aliphatic rings. The van der Waals surface area contributed by atoms with E-state index >= 15 is 0 Å². The van der Waals surface area contributed by atoms with Crippen molar-refractivity contribution in [3.63, 3.8) is 0 Å². The average molecular weight is 289 g/mol. The number of carbonyl (C=O) groups excluding carboxylic acids is 2. The fourth-order valence-corrected chi connectivity index (χ4v) is 2.49. The molecule has 1 aromatic carbocycles. The number of urea groups is 1. The highest BCUT2D eigenvalue weighted by atomic mass is 32.1. The number of amides is 3. The van der Waals surface area contributed by atoms with Crippen molar-refractivity contribution >= 4 is 29.0 Å². The second kappa shape index (κ2) is 6.72. The molecule has 2 aromatic rings. The van der Waals surface area contributed by atoms with Crippen molar-refractivity contribution in [1.29, 1.82) is 0 Å². The first-order chi connectivity index (χ1) is 9.65. The molecule has 3 amide bonds. The molecule has 0 fully saturated rings. The quantitative estimate of drug-likeness (QED) is 0.790. The Labute approximate surface area is 120 Å². The third-order valence-corrected chi connectivity index (χ3v) is 3.39. The normalized spacial score (nSPS) is 11.6. The first kappa shape index (κ1) is 14.1. The van der Waals surface area contributed by atoms with Crippen LogP contribution < -0.4 is 16.4 Å². The predicted molar refractivity (Wildman–Crippen MR) is 79.5 cm³/mol. The second-order valence-corrected chi connectivity index (χ2v) is 5.02. The van der Waals surface area contributed by atoms with Crippen LogP contribution >= 0.6 is 11.3 Å². The van der Waals surface area contributed by atoms with E-state index in [0.717, 1.165) is 5.56 Å². The Bertz CT molecular complexity index is 569. The smallest absolute Gasteiger partial charge is 0.319 e. The Kier molecular flexibility index (Phi) is 4.73. The topological polar surface area (TPSA) is 84.2 Å². The van der Waals surface area contributed by atoms with Gasteiger partial charge in [-0.25, -0.2) is 4.79 Å². The zero-order valence-electron chi connectivity index (χ0n) is 10.7. The van der Waals surface area contributed by atoms with Gasteiger partial charge in [-0.1, -0.05) is 18.2 Å². The standard InChI is InChI=1S/C14H15N3O2S/c15-13(18)8-12(10-6-7-20-9-10)17-14(19)16-11-4-2-1-3-5-11/h1-7,9,12H,8H2,(H2,15,18)(H2,16,17,19). The Balaban J connectivity index is 2.00. The van der Waals surface area contributed by atoms with Gasteiger partial charge in [-0.05, 0) is 34.5 Å². The Morgan fingerprint density at radius 3 is 2.55 bits per heavy atom. The van der Waals surface area contributed by atoms with Crippen molar-refractivity contribution in [2.75, 3.05) is 5.32 Å². The lowest BCUT2D eigenvalue weighted by molar-refractivity contribution is -0.118. The number of hydrogen-bond donors (Lipinski definition) is 3. The molecule has 5 nitrogen and oxygen atoms in total. The first-order valence-electron chi connectivity index (χ1n) is 6.08. The van der Waals surface area contributed by atoms with Crippen molar-refractivity contribution < 1.29 is 9.59 Å². The summed E-state index contributed by atoms with van der Waals surface area (Å²) in [5.74, 6) is -0.457.